The number of nitrogens with zero attached hydrogens (tertiary/aromatic N) is 1. The lowest BCUT2D eigenvalue weighted by atomic mass is 9.82. The predicted octanol–water partition coefficient (Wildman–Crippen LogP) is 8.49. The van der Waals surface area contributed by atoms with E-state index in [4.69, 9.17) is 4.98 Å². The first kappa shape index (κ1) is 17.6. The number of pyridine rings is 1. The molecule has 5 aromatic carbocycles. The number of rotatable bonds is 1. The van der Waals surface area contributed by atoms with E-state index in [1.165, 1.54) is 71.3 Å². The minimum atomic E-state index is -0.0181. The third-order valence-electron chi connectivity index (χ3n) is 8.03. The molecular formula is C32H21N. The normalized spacial score (nSPS) is 14.6. The maximum Gasteiger partial charge on any atom is 0.0746 e. The van der Waals surface area contributed by atoms with Crippen LogP contribution >= 0.6 is 0 Å². The van der Waals surface area contributed by atoms with Gasteiger partial charge in [0.1, 0.15) is 0 Å². The van der Waals surface area contributed by atoms with Gasteiger partial charge < -0.3 is 0 Å². The zero-order chi connectivity index (χ0) is 21.9. The van der Waals surface area contributed by atoms with Gasteiger partial charge in [0.2, 0.25) is 0 Å². The number of hydrogen-bond donors (Lipinski definition) is 0. The summed E-state index contributed by atoms with van der Waals surface area (Å²) in [5.74, 6) is 0. The molecule has 0 fully saturated rings. The van der Waals surface area contributed by atoms with E-state index in [0.29, 0.717) is 0 Å². The number of fused-ring (bicyclic) bond motifs is 4. The van der Waals surface area contributed by atoms with Crippen LogP contribution in [0.15, 0.2) is 91.1 Å². The molecule has 0 amide bonds. The van der Waals surface area contributed by atoms with Gasteiger partial charge in [0, 0.05) is 17.2 Å². The Kier molecular flexibility index (Phi) is 3.03. The SMILES string of the molecule is CC1(C)c2ccc(-c3ccc4c5c3ccc3ccc6cccc-4c6c35)cc2-c2ncccc21. The van der Waals surface area contributed by atoms with Crippen molar-refractivity contribution in [2.24, 2.45) is 0 Å². The first-order chi connectivity index (χ1) is 16.1. The molecule has 2 aliphatic rings. The zero-order valence-corrected chi connectivity index (χ0v) is 18.6. The van der Waals surface area contributed by atoms with Crippen molar-refractivity contribution in [2.45, 2.75) is 19.3 Å². The Morgan fingerprint density at radius 2 is 1.36 bits per heavy atom. The van der Waals surface area contributed by atoms with Gasteiger partial charge in [0.05, 0.1) is 5.69 Å². The van der Waals surface area contributed by atoms with Crippen LogP contribution in [-0.4, -0.2) is 4.98 Å². The van der Waals surface area contributed by atoms with Gasteiger partial charge in [0.25, 0.3) is 0 Å². The molecule has 1 heterocycles. The van der Waals surface area contributed by atoms with Crippen molar-refractivity contribution in [1.82, 2.24) is 4.98 Å². The van der Waals surface area contributed by atoms with Gasteiger partial charge in [0.15, 0.2) is 0 Å². The van der Waals surface area contributed by atoms with Crippen molar-refractivity contribution < 1.29 is 0 Å². The number of aromatic nitrogens is 1. The summed E-state index contributed by atoms with van der Waals surface area (Å²) in [6.45, 7) is 4.61. The fourth-order valence-corrected chi connectivity index (χ4v) is 6.46. The van der Waals surface area contributed by atoms with Crippen LogP contribution < -0.4 is 0 Å². The van der Waals surface area contributed by atoms with Crippen LogP contribution in [0, 0.1) is 0 Å². The minimum Gasteiger partial charge on any atom is -0.256 e. The van der Waals surface area contributed by atoms with Crippen molar-refractivity contribution in [3.05, 3.63) is 102 Å². The van der Waals surface area contributed by atoms with Crippen LogP contribution in [0.1, 0.15) is 25.0 Å². The summed E-state index contributed by atoms with van der Waals surface area (Å²) in [5, 5.41) is 8.20. The van der Waals surface area contributed by atoms with Crippen molar-refractivity contribution in [3.8, 4) is 33.5 Å². The molecule has 0 atom stereocenters. The minimum absolute atomic E-state index is 0.0181. The Morgan fingerprint density at radius 1 is 0.576 bits per heavy atom. The maximum absolute atomic E-state index is 4.78. The van der Waals surface area contributed by atoms with Gasteiger partial charge in [-0.1, -0.05) is 86.6 Å². The highest BCUT2D eigenvalue weighted by Crippen LogP contribution is 2.51. The predicted molar refractivity (Wildman–Crippen MR) is 139 cm³/mol. The highest BCUT2D eigenvalue weighted by Gasteiger charge is 2.36. The second-order valence-electron chi connectivity index (χ2n) is 10.0. The average Bonchev–Trinajstić information content (AvgIpc) is 3.31. The third-order valence-corrected chi connectivity index (χ3v) is 8.03. The van der Waals surface area contributed by atoms with Crippen LogP contribution in [0.3, 0.4) is 0 Å². The first-order valence-electron chi connectivity index (χ1n) is 11.7. The second kappa shape index (κ2) is 5.68. The summed E-state index contributed by atoms with van der Waals surface area (Å²) >= 11 is 0. The van der Waals surface area contributed by atoms with E-state index in [-0.39, 0.29) is 5.41 Å². The highest BCUT2D eigenvalue weighted by molar-refractivity contribution is 6.34. The lowest BCUT2D eigenvalue weighted by molar-refractivity contribution is 0.659. The van der Waals surface area contributed by atoms with Gasteiger partial charge in [-0.05, 0) is 77.8 Å². The molecule has 0 spiro atoms. The maximum atomic E-state index is 4.78. The van der Waals surface area contributed by atoms with Crippen LogP contribution in [-0.2, 0) is 5.41 Å². The Bertz CT molecular complexity index is 1840. The average molecular weight is 420 g/mol. The molecule has 0 saturated carbocycles. The smallest absolute Gasteiger partial charge is 0.0746 e. The molecule has 8 rings (SSSR count). The summed E-state index contributed by atoms with van der Waals surface area (Å²) in [5.41, 5.74) is 10.3. The van der Waals surface area contributed by atoms with Gasteiger partial charge in [-0.15, -0.1) is 0 Å². The molecule has 0 aliphatic heterocycles. The molecule has 0 saturated heterocycles. The monoisotopic (exact) mass is 419 g/mol. The molecule has 6 aromatic rings. The van der Waals surface area contributed by atoms with E-state index < -0.39 is 0 Å². The van der Waals surface area contributed by atoms with Crippen molar-refractivity contribution >= 4 is 32.3 Å². The molecule has 2 aliphatic carbocycles. The van der Waals surface area contributed by atoms with Crippen LogP contribution in [0.25, 0.3) is 65.8 Å². The van der Waals surface area contributed by atoms with E-state index in [0.717, 1.165) is 5.69 Å². The topological polar surface area (TPSA) is 12.9 Å². The second-order valence-corrected chi connectivity index (χ2v) is 10.0. The van der Waals surface area contributed by atoms with E-state index in [9.17, 15) is 0 Å². The summed E-state index contributed by atoms with van der Waals surface area (Å²) in [6.07, 6.45) is 1.91. The number of hydrogen-bond acceptors (Lipinski definition) is 1. The van der Waals surface area contributed by atoms with E-state index in [1.807, 2.05) is 6.20 Å². The molecule has 0 radical (unpaired) electrons. The van der Waals surface area contributed by atoms with Crippen LogP contribution in [0.2, 0.25) is 0 Å². The fraction of sp³-hybridized carbons (Fsp3) is 0.0938. The Hall–Kier alpha value is -3.97. The molecule has 1 heteroatoms. The summed E-state index contributed by atoms with van der Waals surface area (Å²) in [6, 6.07) is 31.7. The molecule has 154 valence electrons. The van der Waals surface area contributed by atoms with Crippen LogP contribution in [0.4, 0.5) is 0 Å². The Morgan fingerprint density at radius 3 is 2.27 bits per heavy atom. The van der Waals surface area contributed by atoms with Crippen LogP contribution in [0.5, 0.6) is 0 Å². The van der Waals surface area contributed by atoms with E-state index in [2.05, 4.69) is 98.8 Å². The lowest BCUT2D eigenvalue weighted by Crippen LogP contribution is -2.14. The van der Waals surface area contributed by atoms with Crippen molar-refractivity contribution in [2.75, 3.05) is 0 Å². The summed E-state index contributed by atoms with van der Waals surface area (Å²) in [4.78, 5) is 4.78. The Labute approximate surface area is 192 Å². The lowest BCUT2D eigenvalue weighted by Gasteiger charge is -2.21. The molecule has 0 bridgehead atoms. The fourth-order valence-electron chi connectivity index (χ4n) is 6.46. The standard InChI is InChI=1S/C32H21N/c1-32(2)26-15-11-20(17-25(26)31-27(32)7-4-16-33-31)21-13-14-24-22-6-3-5-18-8-9-19-10-12-23(21)30(24)29(19)28(18)22/h3-17H,1-2H3. The largest absolute Gasteiger partial charge is 0.256 e. The molecule has 1 nitrogen and oxygen atoms in total. The van der Waals surface area contributed by atoms with Gasteiger partial charge >= 0.3 is 0 Å². The van der Waals surface area contributed by atoms with Crippen molar-refractivity contribution in [3.63, 3.8) is 0 Å². The quantitative estimate of drug-likeness (QED) is 0.243. The van der Waals surface area contributed by atoms with Gasteiger partial charge in [-0.25, -0.2) is 0 Å². The van der Waals surface area contributed by atoms with E-state index >= 15 is 0 Å². The van der Waals surface area contributed by atoms with E-state index in [1.54, 1.807) is 0 Å². The van der Waals surface area contributed by atoms with Gasteiger partial charge in [-0.3, -0.25) is 4.98 Å². The molecule has 1 aromatic heterocycles. The zero-order valence-electron chi connectivity index (χ0n) is 18.6. The number of benzene rings is 5. The summed E-state index contributed by atoms with van der Waals surface area (Å²) < 4.78 is 0. The molecule has 33 heavy (non-hydrogen) atoms. The molecule has 0 N–H and O–H groups in total. The highest BCUT2D eigenvalue weighted by atomic mass is 14.7. The first-order valence-corrected chi connectivity index (χ1v) is 11.7. The molecule has 0 unspecified atom stereocenters. The Balaban J connectivity index is 1.44. The van der Waals surface area contributed by atoms with Gasteiger partial charge in [-0.2, -0.15) is 0 Å². The van der Waals surface area contributed by atoms with Crippen molar-refractivity contribution in [1.29, 1.82) is 0 Å². The summed E-state index contributed by atoms with van der Waals surface area (Å²) in [7, 11) is 0. The third kappa shape index (κ3) is 2.02. The molecular weight excluding hydrogens is 398 g/mol.